The molecular weight excluding hydrogens is 390 g/mol. The summed E-state index contributed by atoms with van der Waals surface area (Å²) in [6, 6.07) is 6.39. The van der Waals surface area contributed by atoms with Crippen LogP contribution in [-0.4, -0.2) is 27.6 Å². The molecule has 2 N–H and O–H groups in total. The summed E-state index contributed by atoms with van der Waals surface area (Å²) in [5, 5.41) is 9.71. The topological polar surface area (TPSA) is 112 Å². The van der Waals surface area contributed by atoms with Crippen molar-refractivity contribution in [1.29, 1.82) is 0 Å². The van der Waals surface area contributed by atoms with Crippen molar-refractivity contribution in [2.75, 3.05) is 0 Å². The van der Waals surface area contributed by atoms with Crippen molar-refractivity contribution < 1.29 is 8.42 Å². The van der Waals surface area contributed by atoms with E-state index in [1.807, 2.05) is 24.6 Å². The third-order valence-electron chi connectivity index (χ3n) is 5.65. The van der Waals surface area contributed by atoms with Crippen LogP contribution in [0.5, 0.6) is 0 Å². The monoisotopic (exact) mass is 415 g/mol. The summed E-state index contributed by atoms with van der Waals surface area (Å²) in [5.41, 5.74) is 1.54. The number of primary sulfonamides is 1. The van der Waals surface area contributed by atoms with Crippen molar-refractivity contribution in [3.05, 3.63) is 57.8 Å². The first-order valence-corrected chi connectivity index (χ1v) is 11.1. The summed E-state index contributed by atoms with van der Waals surface area (Å²) in [6.45, 7) is 8.70. The quantitative estimate of drug-likeness (QED) is 0.687. The normalized spacial score (nSPS) is 18.5. The van der Waals surface area contributed by atoms with E-state index in [1.54, 1.807) is 12.1 Å². The molecule has 0 bridgehead atoms. The first-order chi connectivity index (χ1) is 13.5. The Morgan fingerprint density at radius 1 is 1.24 bits per heavy atom. The lowest BCUT2D eigenvalue weighted by Crippen LogP contribution is -2.24. The first-order valence-electron chi connectivity index (χ1n) is 9.59. The van der Waals surface area contributed by atoms with Crippen LogP contribution >= 0.6 is 0 Å². The van der Waals surface area contributed by atoms with Crippen LogP contribution in [-0.2, 0) is 16.6 Å². The Morgan fingerprint density at radius 2 is 1.86 bits per heavy atom. The smallest absolute Gasteiger partial charge is 0.279 e. The fourth-order valence-corrected chi connectivity index (χ4v) is 4.11. The molecular formula is C20H25N5O3S. The lowest BCUT2D eigenvalue weighted by molar-refractivity contribution is 0.597. The zero-order valence-electron chi connectivity index (χ0n) is 17.0. The molecule has 1 fully saturated rings. The molecule has 0 radical (unpaired) electrons. The molecule has 1 aliphatic carbocycles. The number of benzene rings is 1. The predicted octanol–water partition coefficient (Wildman–Crippen LogP) is 2.22. The fraction of sp³-hybridized carbons (Fsp3) is 0.450. The van der Waals surface area contributed by atoms with Gasteiger partial charge in [-0.1, -0.05) is 39.8 Å². The predicted molar refractivity (Wildman–Crippen MR) is 109 cm³/mol. The maximum atomic E-state index is 12.9. The number of nitrogens with two attached hydrogens (primary N) is 1. The highest BCUT2D eigenvalue weighted by Gasteiger charge is 2.49. The van der Waals surface area contributed by atoms with Gasteiger partial charge in [-0.15, -0.1) is 5.10 Å². The Balaban J connectivity index is 1.80. The molecule has 8 nitrogen and oxygen atoms in total. The Kier molecular flexibility index (Phi) is 4.43. The summed E-state index contributed by atoms with van der Waals surface area (Å²) in [5.74, 6) is 1.48. The molecule has 29 heavy (non-hydrogen) atoms. The highest BCUT2D eigenvalue weighted by atomic mass is 32.2. The summed E-state index contributed by atoms with van der Waals surface area (Å²) < 4.78 is 26.2. The SMILES string of the molecule is CC(C)c1cn(Cc2ccc(S(N)(=O)=O)cc2)c2nc([C@H]3CC3(C)C)nn2c1=O. The third kappa shape index (κ3) is 3.60. The highest BCUT2D eigenvalue weighted by Crippen LogP contribution is 2.57. The van der Waals surface area contributed by atoms with Gasteiger partial charge in [-0.3, -0.25) is 4.79 Å². The van der Waals surface area contributed by atoms with Gasteiger partial charge in [-0.05, 0) is 35.4 Å². The lowest BCUT2D eigenvalue weighted by Gasteiger charge is -2.12. The van der Waals surface area contributed by atoms with Crippen molar-refractivity contribution in [2.45, 2.75) is 57.4 Å². The van der Waals surface area contributed by atoms with Gasteiger partial charge in [0.05, 0.1) is 11.4 Å². The molecule has 1 aliphatic rings. The molecule has 0 unspecified atom stereocenters. The molecule has 154 valence electrons. The summed E-state index contributed by atoms with van der Waals surface area (Å²) >= 11 is 0. The van der Waals surface area contributed by atoms with E-state index in [1.165, 1.54) is 16.6 Å². The molecule has 0 spiro atoms. The molecule has 3 aromatic rings. The maximum absolute atomic E-state index is 12.9. The second-order valence-electron chi connectivity index (χ2n) is 8.79. The second kappa shape index (κ2) is 6.50. The van der Waals surface area contributed by atoms with Gasteiger partial charge in [0.2, 0.25) is 15.8 Å². The van der Waals surface area contributed by atoms with Gasteiger partial charge in [-0.2, -0.15) is 9.50 Å². The van der Waals surface area contributed by atoms with E-state index in [4.69, 9.17) is 5.14 Å². The van der Waals surface area contributed by atoms with Gasteiger partial charge in [0, 0.05) is 17.7 Å². The van der Waals surface area contributed by atoms with Gasteiger partial charge in [0.15, 0.2) is 5.82 Å². The molecule has 0 saturated heterocycles. The number of hydrogen-bond acceptors (Lipinski definition) is 5. The molecule has 1 atom stereocenters. The average Bonchev–Trinajstić information content (AvgIpc) is 3.06. The van der Waals surface area contributed by atoms with E-state index in [0.29, 0.717) is 23.7 Å². The number of aromatic nitrogens is 4. The molecule has 2 heterocycles. The molecule has 2 aromatic heterocycles. The van der Waals surface area contributed by atoms with E-state index in [9.17, 15) is 13.2 Å². The van der Waals surface area contributed by atoms with Crippen molar-refractivity contribution in [1.82, 2.24) is 19.2 Å². The summed E-state index contributed by atoms with van der Waals surface area (Å²) in [7, 11) is -3.74. The van der Waals surface area contributed by atoms with Gasteiger partial charge < -0.3 is 4.57 Å². The van der Waals surface area contributed by atoms with Crippen LogP contribution in [0, 0.1) is 5.41 Å². The Labute approximate surface area is 169 Å². The van der Waals surface area contributed by atoms with E-state index < -0.39 is 10.0 Å². The minimum Gasteiger partial charge on any atom is -0.312 e. The van der Waals surface area contributed by atoms with Gasteiger partial charge >= 0.3 is 0 Å². The second-order valence-corrected chi connectivity index (χ2v) is 10.3. The number of nitrogens with zero attached hydrogens (tertiary/aromatic N) is 4. The number of rotatable bonds is 5. The average molecular weight is 416 g/mol. The van der Waals surface area contributed by atoms with Crippen LogP contribution in [0.4, 0.5) is 0 Å². The van der Waals surface area contributed by atoms with Crippen molar-refractivity contribution in [3.63, 3.8) is 0 Å². The molecule has 9 heteroatoms. The fourth-order valence-electron chi connectivity index (χ4n) is 3.59. The zero-order chi connectivity index (χ0) is 21.1. The Hall–Kier alpha value is -2.52. The van der Waals surface area contributed by atoms with Crippen molar-refractivity contribution in [2.24, 2.45) is 10.6 Å². The van der Waals surface area contributed by atoms with Crippen LogP contribution in [0.1, 0.15) is 62.9 Å². The van der Waals surface area contributed by atoms with Crippen molar-refractivity contribution in [3.8, 4) is 0 Å². The highest BCUT2D eigenvalue weighted by molar-refractivity contribution is 7.89. The summed E-state index contributed by atoms with van der Waals surface area (Å²) in [6.07, 6.45) is 2.83. The van der Waals surface area contributed by atoms with E-state index >= 15 is 0 Å². The van der Waals surface area contributed by atoms with Gasteiger partial charge in [0.1, 0.15) is 0 Å². The van der Waals surface area contributed by atoms with Gasteiger partial charge in [0.25, 0.3) is 5.56 Å². The van der Waals surface area contributed by atoms with Crippen molar-refractivity contribution >= 4 is 15.8 Å². The minimum atomic E-state index is -3.74. The number of fused-ring (bicyclic) bond motifs is 1. The summed E-state index contributed by atoms with van der Waals surface area (Å²) in [4.78, 5) is 17.7. The van der Waals surface area contributed by atoms with Crippen LogP contribution in [0.25, 0.3) is 5.78 Å². The third-order valence-corrected chi connectivity index (χ3v) is 6.58. The van der Waals surface area contributed by atoms with E-state index in [-0.39, 0.29) is 27.7 Å². The largest absolute Gasteiger partial charge is 0.312 e. The van der Waals surface area contributed by atoms with E-state index in [2.05, 4.69) is 23.9 Å². The Bertz CT molecular complexity index is 1250. The van der Waals surface area contributed by atoms with Gasteiger partial charge in [-0.25, -0.2) is 13.6 Å². The molecule has 4 rings (SSSR count). The molecule has 1 saturated carbocycles. The first kappa shape index (κ1) is 19.8. The standard InChI is InChI=1S/C20H25N5O3S/c1-12(2)15-11-24(10-13-5-7-14(8-6-13)29(21,27)28)19-22-17(16-9-20(16,3)4)23-25(19)18(15)26/h5-8,11-12,16H,9-10H2,1-4H3,(H2,21,27,28)/t16-/m1/s1. The van der Waals surface area contributed by atoms with Crippen LogP contribution in [0.15, 0.2) is 40.2 Å². The van der Waals surface area contributed by atoms with Crippen LogP contribution in [0.3, 0.4) is 0 Å². The number of sulfonamides is 1. The Morgan fingerprint density at radius 3 is 2.38 bits per heavy atom. The van der Waals surface area contributed by atoms with E-state index in [0.717, 1.165) is 12.0 Å². The van der Waals surface area contributed by atoms with Crippen LogP contribution < -0.4 is 10.7 Å². The zero-order valence-corrected chi connectivity index (χ0v) is 17.8. The molecule has 1 aromatic carbocycles. The number of hydrogen-bond donors (Lipinski definition) is 1. The lowest BCUT2D eigenvalue weighted by atomic mass is 10.1. The molecule has 0 aliphatic heterocycles. The maximum Gasteiger partial charge on any atom is 0.279 e. The minimum absolute atomic E-state index is 0.0351. The van der Waals surface area contributed by atoms with Crippen LogP contribution in [0.2, 0.25) is 0 Å². The molecule has 0 amide bonds.